The van der Waals surface area contributed by atoms with Crippen LogP contribution in [0.4, 0.5) is 13.2 Å². The van der Waals surface area contributed by atoms with Gasteiger partial charge in [-0.1, -0.05) is 0 Å². The molecule has 0 bridgehead atoms. The van der Waals surface area contributed by atoms with Gasteiger partial charge in [0.1, 0.15) is 4.90 Å². The van der Waals surface area contributed by atoms with E-state index >= 15 is 0 Å². The molecule has 0 aliphatic carbocycles. The molecule has 1 aromatic rings. The Bertz CT molecular complexity index is 517. The number of halogens is 3. The zero-order chi connectivity index (χ0) is 12.5. The van der Waals surface area contributed by atoms with E-state index in [0.29, 0.717) is 6.07 Å². The lowest BCUT2D eigenvalue weighted by molar-refractivity contribution is 0.426. The molecule has 16 heavy (non-hydrogen) atoms. The minimum absolute atomic E-state index is 0.410. The van der Waals surface area contributed by atoms with Gasteiger partial charge in [0.05, 0.1) is 0 Å². The van der Waals surface area contributed by atoms with Crippen LogP contribution in [0.15, 0.2) is 11.0 Å². The van der Waals surface area contributed by atoms with E-state index in [2.05, 4.69) is 0 Å². The van der Waals surface area contributed by atoms with E-state index in [4.69, 9.17) is 5.73 Å². The lowest BCUT2D eigenvalue weighted by Crippen LogP contribution is -2.21. The van der Waals surface area contributed by atoms with Crippen molar-refractivity contribution in [1.82, 2.24) is 4.72 Å². The second kappa shape index (κ2) is 4.40. The summed E-state index contributed by atoms with van der Waals surface area (Å²) < 4.78 is 63.6. The van der Waals surface area contributed by atoms with Gasteiger partial charge in [0.25, 0.3) is 0 Å². The molecule has 0 saturated carbocycles. The van der Waals surface area contributed by atoms with Gasteiger partial charge >= 0.3 is 0 Å². The number of rotatable bonds is 3. The number of nitrogens with one attached hydrogen (secondary N) is 1. The van der Waals surface area contributed by atoms with Crippen molar-refractivity contribution in [2.24, 2.45) is 5.73 Å². The van der Waals surface area contributed by atoms with Gasteiger partial charge in [0.2, 0.25) is 10.0 Å². The summed E-state index contributed by atoms with van der Waals surface area (Å²) in [7, 11) is -3.16. The van der Waals surface area contributed by atoms with Gasteiger partial charge in [-0.2, -0.15) is 0 Å². The first kappa shape index (κ1) is 12.9. The van der Waals surface area contributed by atoms with Crippen LogP contribution in [0.25, 0.3) is 0 Å². The molecule has 90 valence electrons. The third-order valence-corrected chi connectivity index (χ3v) is 3.38. The van der Waals surface area contributed by atoms with Crippen molar-refractivity contribution in [2.45, 2.75) is 11.4 Å². The minimum Gasteiger partial charge on any atom is -0.326 e. The highest BCUT2D eigenvalue weighted by Crippen LogP contribution is 2.22. The molecule has 0 saturated heterocycles. The number of sulfonamides is 1. The average Bonchev–Trinajstić information content (AvgIpc) is 2.26. The molecule has 0 atom stereocenters. The molecule has 0 spiro atoms. The number of benzene rings is 1. The SMILES string of the molecule is CNS(=O)(=O)c1cc(CN)c(F)c(F)c1F. The van der Waals surface area contributed by atoms with Crippen molar-refractivity contribution in [1.29, 1.82) is 0 Å². The Morgan fingerprint density at radius 3 is 2.25 bits per heavy atom. The van der Waals surface area contributed by atoms with Gasteiger partial charge < -0.3 is 5.73 Å². The molecule has 0 amide bonds. The molecule has 0 aliphatic rings. The van der Waals surface area contributed by atoms with Crippen molar-refractivity contribution in [2.75, 3.05) is 7.05 Å². The molecule has 1 rings (SSSR count). The fourth-order valence-electron chi connectivity index (χ4n) is 1.08. The molecule has 3 N–H and O–H groups in total. The van der Waals surface area contributed by atoms with Gasteiger partial charge in [-0.3, -0.25) is 0 Å². The molecular weight excluding hydrogens is 245 g/mol. The van der Waals surface area contributed by atoms with Crippen LogP contribution in [0.2, 0.25) is 0 Å². The molecular formula is C8H9F3N2O2S. The second-order valence-electron chi connectivity index (χ2n) is 2.89. The summed E-state index contributed by atoms with van der Waals surface area (Å²) in [6.07, 6.45) is 0. The largest absolute Gasteiger partial charge is 0.326 e. The monoisotopic (exact) mass is 254 g/mol. The summed E-state index contributed by atoms with van der Waals surface area (Å²) >= 11 is 0. The van der Waals surface area contributed by atoms with Crippen LogP contribution in [-0.2, 0) is 16.6 Å². The second-order valence-corrected chi connectivity index (χ2v) is 4.74. The van der Waals surface area contributed by atoms with Gasteiger partial charge in [-0.05, 0) is 13.1 Å². The Kier molecular flexibility index (Phi) is 3.56. The molecule has 0 radical (unpaired) electrons. The summed E-state index contributed by atoms with van der Waals surface area (Å²) in [5, 5.41) is 0. The average molecular weight is 254 g/mol. The number of nitrogens with two attached hydrogens (primary N) is 1. The first-order chi connectivity index (χ1) is 7.35. The zero-order valence-corrected chi connectivity index (χ0v) is 9.04. The van der Waals surface area contributed by atoms with Crippen LogP contribution in [0.1, 0.15) is 5.56 Å². The van der Waals surface area contributed by atoms with Gasteiger partial charge in [-0.15, -0.1) is 0 Å². The van der Waals surface area contributed by atoms with Crippen LogP contribution in [0.5, 0.6) is 0 Å². The van der Waals surface area contributed by atoms with Gasteiger partial charge in [0.15, 0.2) is 17.5 Å². The number of hydrogen-bond donors (Lipinski definition) is 2. The Balaban J connectivity index is 3.61. The highest BCUT2D eigenvalue weighted by atomic mass is 32.2. The third-order valence-electron chi connectivity index (χ3n) is 1.97. The lowest BCUT2D eigenvalue weighted by Gasteiger charge is -2.08. The van der Waals surface area contributed by atoms with E-state index in [1.54, 1.807) is 4.72 Å². The van der Waals surface area contributed by atoms with Crippen molar-refractivity contribution < 1.29 is 21.6 Å². The first-order valence-corrected chi connectivity index (χ1v) is 5.63. The maximum absolute atomic E-state index is 13.2. The van der Waals surface area contributed by atoms with Gasteiger partial charge in [-0.25, -0.2) is 26.3 Å². The molecule has 0 aliphatic heterocycles. The standard InChI is InChI=1S/C8H9F3N2O2S/c1-13-16(14,15)5-2-4(3-12)6(9)8(11)7(5)10/h2,13H,3,12H2,1H3. The van der Waals surface area contributed by atoms with Crippen LogP contribution in [0, 0.1) is 17.5 Å². The highest BCUT2D eigenvalue weighted by Gasteiger charge is 2.25. The molecule has 1 aromatic carbocycles. The van der Waals surface area contributed by atoms with Gasteiger partial charge in [0, 0.05) is 12.1 Å². The summed E-state index contributed by atoms with van der Waals surface area (Å²) in [6, 6.07) is 0.666. The van der Waals surface area contributed by atoms with E-state index in [1.165, 1.54) is 0 Å². The molecule has 0 unspecified atom stereocenters. The topological polar surface area (TPSA) is 72.2 Å². The Labute approximate surface area is 90.3 Å². The third kappa shape index (κ3) is 2.04. The molecule has 4 nitrogen and oxygen atoms in total. The van der Waals surface area contributed by atoms with E-state index < -0.39 is 44.5 Å². The summed E-state index contributed by atoms with van der Waals surface area (Å²) in [5.74, 6) is -5.09. The maximum atomic E-state index is 13.2. The number of hydrogen-bond acceptors (Lipinski definition) is 3. The van der Waals surface area contributed by atoms with E-state index in [0.717, 1.165) is 7.05 Å². The Morgan fingerprint density at radius 1 is 1.25 bits per heavy atom. The maximum Gasteiger partial charge on any atom is 0.243 e. The fraction of sp³-hybridized carbons (Fsp3) is 0.250. The quantitative estimate of drug-likeness (QED) is 0.770. The van der Waals surface area contributed by atoms with Crippen LogP contribution >= 0.6 is 0 Å². The van der Waals surface area contributed by atoms with Crippen LogP contribution in [-0.4, -0.2) is 15.5 Å². The smallest absolute Gasteiger partial charge is 0.243 e. The molecule has 8 heteroatoms. The molecule has 0 heterocycles. The Morgan fingerprint density at radius 2 is 1.81 bits per heavy atom. The summed E-state index contributed by atoms with van der Waals surface area (Å²) in [4.78, 5) is -0.964. The van der Waals surface area contributed by atoms with Crippen LogP contribution in [0.3, 0.4) is 0 Å². The fourth-order valence-corrected chi connectivity index (χ4v) is 1.93. The zero-order valence-electron chi connectivity index (χ0n) is 8.22. The van der Waals surface area contributed by atoms with Crippen molar-refractivity contribution in [3.05, 3.63) is 29.1 Å². The summed E-state index contributed by atoms with van der Waals surface area (Å²) in [5.41, 5.74) is 4.67. The van der Waals surface area contributed by atoms with E-state index in [1.807, 2.05) is 0 Å². The predicted octanol–water partition coefficient (Wildman–Crippen LogP) is 0.471. The van der Waals surface area contributed by atoms with Crippen molar-refractivity contribution in [3.8, 4) is 0 Å². The van der Waals surface area contributed by atoms with Crippen molar-refractivity contribution in [3.63, 3.8) is 0 Å². The minimum atomic E-state index is -4.19. The highest BCUT2D eigenvalue weighted by molar-refractivity contribution is 7.89. The summed E-state index contributed by atoms with van der Waals surface area (Å²) in [6.45, 7) is -0.435. The molecule has 0 fully saturated rings. The van der Waals surface area contributed by atoms with E-state index in [-0.39, 0.29) is 0 Å². The van der Waals surface area contributed by atoms with Crippen molar-refractivity contribution >= 4 is 10.0 Å². The van der Waals surface area contributed by atoms with Crippen LogP contribution < -0.4 is 10.5 Å². The normalized spacial score (nSPS) is 11.8. The van der Waals surface area contributed by atoms with E-state index in [9.17, 15) is 21.6 Å². The lowest BCUT2D eigenvalue weighted by atomic mass is 10.2. The first-order valence-electron chi connectivity index (χ1n) is 4.15. The molecule has 0 aromatic heterocycles. The predicted molar refractivity (Wildman–Crippen MR) is 50.5 cm³/mol. The Hall–Kier alpha value is -1.12.